The van der Waals surface area contributed by atoms with E-state index in [1.807, 2.05) is 38.1 Å². The van der Waals surface area contributed by atoms with Crippen LogP contribution in [0.25, 0.3) is 0 Å². The number of nitrogens with one attached hydrogen (secondary N) is 1. The molecule has 0 unspecified atom stereocenters. The van der Waals surface area contributed by atoms with Gasteiger partial charge in [-0.15, -0.1) is 0 Å². The van der Waals surface area contributed by atoms with Crippen molar-refractivity contribution in [2.75, 3.05) is 23.9 Å². The molecule has 0 aliphatic carbocycles. The van der Waals surface area contributed by atoms with Gasteiger partial charge in [0.2, 0.25) is 11.9 Å². The Hall–Kier alpha value is -2.63. The van der Waals surface area contributed by atoms with Crippen molar-refractivity contribution in [3.63, 3.8) is 0 Å². The Balaban J connectivity index is 1.77. The van der Waals surface area contributed by atoms with E-state index in [2.05, 4.69) is 15.3 Å². The van der Waals surface area contributed by atoms with E-state index in [-0.39, 0.29) is 11.9 Å². The van der Waals surface area contributed by atoms with E-state index in [1.54, 1.807) is 18.2 Å². The van der Waals surface area contributed by atoms with Crippen molar-refractivity contribution in [2.45, 2.75) is 26.3 Å². The maximum absolute atomic E-state index is 12.7. The lowest BCUT2D eigenvalue weighted by molar-refractivity contribution is -0.117. The van der Waals surface area contributed by atoms with Crippen LogP contribution in [0.3, 0.4) is 0 Å². The molecule has 0 spiro atoms. The first-order valence-electron chi connectivity index (χ1n) is 7.61. The largest absolute Gasteiger partial charge is 0.495 e. The Bertz CT molecular complexity index is 732. The van der Waals surface area contributed by atoms with E-state index in [9.17, 15) is 4.79 Å². The van der Waals surface area contributed by atoms with Gasteiger partial charge in [0, 0.05) is 18.4 Å². The van der Waals surface area contributed by atoms with Crippen molar-refractivity contribution in [1.82, 2.24) is 9.97 Å². The van der Waals surface area contributed by atoms with Crippen LogP contribution < -0.4 is 15.0 Å². The molecule has 3 rings (SSSR count). The van der Waals surface area contributed by atoms with Gasteiger partial charge in [0.15, 0.2) is 0 Å². The van der Waals surface area contributed by atoms with Crippen molar-refractivity contribution in [3.8, 4) is 5.75 Å². The number of para-hydroxylation sites is 2. The Morgan fingerprint density at radius 1 is 1.30 bits per heavy atom. The number of hydrogen-bond donors (Lipinski definition) is 1. The van der Waals surface area contributed by atoms with Gasteiger partial charge >= 0.3 is 0 Å². The number of nitrogens with zero attached hydrogens (tertiary/aromatic N) is 3. The van der Waals surface area contributed by atoms with E-state index in [0.29, 0.717) is 24.7 Å². The quantitative estimate of drug-likeness (QED) is 0.938. The molecule has 0 saturated carbocycles. The SMILES string of the molecule is COc1ccccc1N1CC[C@@H](Nc2ncc(C)c(C)n2)C1=O. The van der Waals surface area contributed by atoms with Crippen LogP contribution in [0.5, 0.6) is 5.75 Å². The molecule has 1 saturated heterocycles. The van der Waals surface area contributed by atoms with Gasteiger partial charge in [-0.2, -0.15) is 0 Å². The first kappa shape index (κ1) is 15.3. The molecule has 1 aromatic heterocycles. The zero-order valence-corrected chi connectivity index (χ0v) is 13.5. The third kappa shape index (κ3) is 2.97. The summed E-state index contributed by atoms with van der Waals surface area (Å²) in [5.74, 6) is 1.20. The topological polar surface area (TPSA) is 67.3 Å². The Morgan fingerprint density at radius 2 is 2.09 bits per heavy atom. The number of hydrogen-bond acceptors (Lipinski definition) is 5. The number of anilines is 2. The van der Waals surface area contributed by atoms with Crippen molar-refractivity contribution in [2.24, 2.45) is 0 Å². The van der Waals surface area contributed by atoms with Gasteiger partial charge < -0.3 is 15.0 Å². The van der Waals surface area contributed by atoms with Gasteiger partial charge in [0.1, 0.15) is 11.8 Å². The average Bonchev–Trinajstić information content (AvgIpc) is 2.91. The third-order valence-corrected chi connectivity index (χ3v) is 4.11. The summed E-state index contributed by atoms with van der Waals surface area (Å²) in [6, 6.07) is 7.23. The molecule has 6 nitrogen and oxygen atoms in total. The lowest BCUT2D eigenvalue weighted by Crippen LogP contribution is -2.34. The van der Waals surface area contributed by atoms with Gasteiger partial charge in [-0.25, -0.2) is 9.97 Å². The number of rotatable bonds is 4. The molecule has 2 aromatic rings. The molecule has 1 amide bonds. The minimum Gasteiger partial charge on any atom is -0.495 e. The minimum absolute atomic E-state index is 0.0105. The average molecular weight is 312 g/mol. The number of methoxy groups -OCH3 is 1. The van der Waals surface area contributed by atoms with Crippen LogP contribution in [0.4, 0.5) is 11.6 Å². The van der Waals surface area contributed by atoms with Gasteiger partial charge in [-0.3, -0.25) is 4.79 Å². The molecule has 1 aliphatic heterocycles. The highest BCUT2D eigenvalue weighted by Gasteiger charge is 2.34. The normalized spacial score (nSPS) is 17.4. The molecule has 0 bridgehead atoms. The fourth-order valence-corrected chi connectivity index (χ4v) is 2.66. The Morgan fingerprint density at radius 3 is 2.83 bits per heavy atom. The summed E-state index contributed by atoms with van der Waals surface area (Å²) in [6.45, 7) is 4.53. The lowest BCUT2D eigenvalue weighted by Gasteiger charge is -2.19. The summed E-state index contributed by atoms with van der Waals surface area (Å²) in [6.07, 6.45) is 2.47. The molecule has 120 valence electrons. The monoisotopic (exact) mass is 312 g/mol. The van der Waals surface area contributed by atoms with Crippen molar-refractivity contribution < 1.29 is 9.53 Å². The first-order valence-corrected chi connectivity index (χ1v) is 7.61. The second kappa shape index (κ2) is 6.24. The summed E-state index contributed by atoms with van der Waals surface area (Å²) in [5, 5.41) is 3.14. The number of amides is 1. The highest BCUT2D eigenvalue weighted by molar-refractivity contribution is 6.01. The standard InChI is InChI=1S/C17H20N4O2/c1-11-10-18-17(19-12(11)2)20-13-8-9-21(16(13)22)14-6-4-5-7-15(14)23-3/h4-7,10,13H,8-9H2,1-3H3,(H,18,19,20)/t13-/m1/s1. The molecule has 6 heteroatoms. The number of aromatic nitrogens is 2. The summed E-state index contributed by atoms with van der Waals surface area (Å²) in [5.41, 5.74) is 2.74. The summed E-state index contributed by atoms with van der Waals surface area (Å²) in [4.78, 5) is 23.1. The maximum Gasteiger partial charge on any atom is 0.249 e. The van der Waals surface area contributed by atoms with Crippen LogP contribution in [0.15, 0.2) is 30.5 Å². The zero-order chi connectivity index (χ0) is 16.4. The van der Waals surface area contributed by atoms with Crippen molar-refractivity contribution >= 4 is 17.5 Å². The predicted octanol–water partition coefficient (Wildman–Crippen LogP) is 2.32. The van der Waals surface area contributed by atoms with Crippen molar-refractivity contribution in [3.05, 3.63) is 41.7 Å². The number of carbonyl (C=O) groups is 1. The zero-order valence-electron chi connectivity index (χ0n) is 13.5. The van der Waals surface area contributed by atoms with Crippen LogP contribution in [-0.4, -0.2) is 35.6 Å². The van der Waals surface area contributed by atoms with Crippen LogP contribution in [0, 0.1) is 13.8 Å². The second-order valence-electron chi connectivity index (χ2n) is 5.61. The van der Waals surface area contributed by atoms with Crippen LogP contribution >= 0.6 is 0 Å². The highest BCUT2D eigenvalue weighted by atomic mass is 16.5. The van der Waals surface area contributed by atoms with Crippen molar-refractivity contribution in [1.29, 1.82) is 0 Å². The smallest absolute Gasteiger partial charge is 0.249 e. The number of aryl methyl sites for hydroxylation is 2. The first-order chi connectivity index (χ1) is 11.1. The maximum atomic E-state index is 12.7. The molecular weight excluding hydrogens is 292 g/mol. The molecule has 1 fully saturated rings. The molecule has 1 atom stereocenters. The number of ether oxygens (including phenoxy) is 1. The van der Waals surface area contributed by atoms with Gasteiger partial charge in [0.25, 0.3) is 0 Å². The van der Waals surface area contributed by atoms with E-state index in [4.69, 9.17) is 4.74 Å². The van der Waals surface area contributed by atoms with E-state index < -0.39 is 0 Å². The summed E-state index contributed by atoms with van der Waals surface area (Å²) < 4.78 is 5.35. The minimum atomic E-state index is -0.318. The fourth-order valence-electron chi connectivity index (χ4n) is 2.66. The molecular formula is C17H20N4O2. The molecule has 0 radical (unpaired) electrons. The lowest BCUT2D eigenvalue weighted by atomic mass is 10.2. The molecule has 1 aliphatic rings. The van der Waals surface area contributed by atoms with Gasteiger partial charge in [-0.05, 0) is 38.0 Å². The van der Waals surface area contributed by atoms with Crippen LogP contribution in [0.1, 0.15) is 17.7 Å². The van der Waals surface area contributed by atoms with Gasteiger partial charge in [-0.1, -0.05) is 12.1 Å². The second-order valence-corrected chi connectivity index (χ2v) is 5.61. The summed E-state index contributed by atoms with van der Waals surface area (Å²) in [7, 11) is 1.61. The highest BCUT2D eigenvalue weighted by Crippen LogP contribution is 2.31. The molecule has 2 heterocycles. The third-order valence-electron chi connectivity index (χ3n) is 4.11. The Labute approximate surface area is 135 Å². The van der Waals surface area contributed by atoms with Gasteiger partial charge in [0.05, 0.1) is 12.8 Å². The van der Waals surface area contributed by atoms with E-state index in [1.165, 1.54) is 0 Å². The fraction of sp³-hybridized carbons (Fsp3) is 0.353. The number of carbonyl (C=O) groups excluding carboxylic acids is 1. The summed E-state index contributed by atoms with van der Waals surface area (Å²) >= 11 is 0. The number of benzene rings is 1. The van der Waals surface area contributed by atoms with E-state index >= 15 is 0 Å². The predicted molar refractivity (Wildman–Crippen MR) is 88.9 cm³/mol. The Kier molecular flexibility index (Phi) is 4.14. The van der Waals surface area contributed by atoms with E-state index in [0.717, 1.165) is 16.9 Å². The molecule has 1 N–H and O–H groups in total. The van der Waals surface area contributed by atoms with Crippen LogP contribution in [-0.2, 0) is 4.79 Å². The molecule has 23 heavy (non-hydrogen) atoms. The van der Waals surface area contributed by atoms with Crippen LogP contribution in [0.2, 0.25) is 0 Å². The molecule has 1 aromatic carbocycles.